The molecule has 0 saturated heterocycles. The summed E-state index contributed by atoms with van der Waals surface area (Å²) >= 11 is 3.34. The van der Waals surface area contributed by atoms with Crippen molar-refractivity contribution in [1.29, 1.82) is 0 Å². The number of rotatable bonds is 7. The van der Waals surface area contributed by atoms with Crippen molar-refractivity contribution >= 4 is 27.5 Å². The molecule has 0 aliphatic heterocycles. The molecule has 1 amide bonds. The van der Waals surface area contributed by atoms with Crippen LogP contribution in [0.5, 0.6) is 5.75 Å². The number of ether oxygens (including phenoxy) is 1. The zero-order chi connectivity index (χ0) is 21.0. The minimum absolute atomic E-state index is 0.0274. The summed E-state index contributed by atoms with van der Waals surface area (Å²) in [6, 6.07) is 8.26. The van der Waals surface area contributed by atoms with Crippen LogP contribution in [0.2, 0.25) is 0 Å². The monoisotopic (exact) mass is 471 g/mol. The summed E-state index contributed by atoms with van der Waals surface area (Å²) in [4.78, 5) is 12.1. The smallest absolute Gasteiger partial charge is 0.435 e. The van der Waals surface area contributed by atoms with E-state index in [0.717, 1.165) is 15.2 Å². The summed E-state index contributed by atoms with van der Waals surface area (Å²) in [5.74, 6) is 0.309. The van der Waals surface area contributed by atoms with Gasteiger partial charge in [0.25, 0.3) is 0 Å². The Balaban J connectivity index is 1.49. The number of alkyl halides is 3. The average Bonchev–Trinajstić information content (AvgIpc) is 3.25. The zero-order valence-electron chi connectivity index (χ0n) is 15.3. The lowest BCUT2D eigenvalue weighted by Gasteiger charge is -2.06. The number of hydrogen-bond acceptors (Lipinski definition) is 4. The van der Waals surface area contributed by atoms with Crippen LogP contribution in [0, 0.1) is 6.92 Å². The molecule has 1 aromatic carbocycles. The molecule has 0 radical (unpaired) electrons. The number of aryl methyl sites for hydroxylation is 2. The van der Waals surface area contributed by atoms with Gasteiger partial charge in [-0.1, -0.05) is 15.9 Å². The highest BCUT2D eigenvalue weighted by molar-refractivity contribution is 9.10. The quantitative estimate of drug-likeness (QED) is 0.559. The zero-order valence-corrected chi connectivity index (χ0v) is 16.9. The molecule has 11 heteroatoms. The van der Waals surface area contributed by atoms with Crippen molar-refractivity contribution in [3.05, 3.63) is 58.6 Å². The molecule has 1 N–H and O–H groups in total. The van der Waals surface area contributed by atoms with Crippen molar-refractivity contribution in [2.24, 2.45) is 0 Å². The van der Waals surface area contributed by atoms with E-state index in [1.54, 1.807) is 18.3 Å². The van der Waals surface area contributed by atoms with E-state index in [9.17, 15) is 18.0 Å². The summed E-state index contributed by atoms with van der Waals surface area (Å²) in [5, 5.41) is 10.2. The standard InChI is InChI=1S/C18H17BrF3N5O2/c1-12-8-16(18(20,21)22)25-27(12)7-6-17(28)24-14-9-23-26(10-14)11-29-15-4-2-13(19)3-5-15/h2-5,8-10H,6-7,11H2,1H3,(H,24,28). The molecular formula is C18H17BrF3N5O2. The third kappa shape index (κ3) is 5.83. The first-order valence-corrected chi connectivity index (χ1v) is 9.32. The van der Waals surface area contributed by atoms with Crippen LogP contribution in [0.3, 0.4) is 0 Å². The number of hydrogen-bond donors (Lipinski definition) is 1. The molecule has 0 aliphatic rings. The van der Waals surface area contributed by atoms with Crippen LogP contribution >= 0.6 is 15.9 Å². The van der Waals surface area contributed by atoms with Gasteiger partial charge in [-0.2, -0.15) is 23.4 Å². The molecule has 7 nitrogen and oxygen atoms in total. The normalized spacial score (nSPS) is 11.5. The predicted molar refractivity (Wildman–Crippen MR) is 102 cm³/mol. The highest BCUT2D eigenvalue weighted by atomic mass is 79.9. The van der Waals surface area contributed by atoms with Gasteiger partial charge in [0.2, 0.25) is 5.91 Å². The molecule has 0 unspecified atom stereocenters. The second-order valence-electron chi connectivity index (χ2n) is 6.19. The topological polar surface area (TPSA) is 74.0 Å². The summed E-state index contributed by atoms with van der Waals surface area (Å²) in [6.07, 6.45) is -1.48. The van der Waals surface area contributed by atoms with E-state index in [1.165, 1.54) is 17.8 Å². The summed E-state index contributed by atoms with van der Waals surface area (Å²) in [6.45, 7) is 1.70. The fourth-order valence-corrected chi connectivity index (χ4v) is 2.74. The van der Waals surface area contributed by atoms with Gasteiger partial charge in [0.05, 0.1) is 18.1 Å². The summed E-state index contributed by atoms with van der Waals surface area (Å²) < 4.78 is 47.2. The molecule has 3 aromatic rings. The highest BCUT2D eigenvalue weighted by Crippen LogP contribution is 2.28. The van der Waals surface area contributed by atoms with Gasteiger partial charge in [-0.3, -0.25) is 9.48 Å². The molecule has 0 aliphatic carbocycles. The Morgan fingerprint density at radius 2 is 2.00 bits per heavy atom. The van der Waals surface area contributed by atoms with E-state index in [2.05, 4.69) is 31.4 Å². The maximum Gasteiger partial charge on any atom is 0.435 e. The van der Waals surface area contributed by atoms with Crippen molar-refractivity contribution in [2.45, 2.75) is 32.8 Å². The molecule has 0 saturated carbocycles. The summed E-state index contributed by atoms with van der Waals surface area (Å²) in [5.41, 5.74) is -0.173. The van der Waals surface area contributed by atoms with Gasteiger partial charge in [0.1, 0.15) is 5.75 Å². The van der Waals surface area contributed by atoms with Crippen LogP contribution in [-0.4, -0.2) is 25.5 Å². The van der Waals surface area contributed by atoms with E-state index < -0.39 is 11.9 Å². The van der Waals surface area contributed by atoms with Crippen molar-refractivity contribution in [3.63, 3.8) is 0 Å². The van der Waals surface area contributed by atoms with E-state index in [0.29, 0.717) is 17.1 Å². The second kappa shape index (κ2) is 8.68. The molecule has 0 bridgehead atoms. The van der Waals surface area contributed by atoms with Crippen molar-refractivity contribution in [2.75, 3.05) is 5.32 Å². The lowest BCUT2D eigenvalue weighted by atomic mass is 10.3. The molecule has 0 fully saturated rings. The van der Waals surface area contributed by atoms with Crippen molar-refractivity contribution < 1.29 is 22.7 Å². The lowest BCUT2D eigenvalue weighted by molar-refractivity contribution is -0.141. The van der Waals surface area contributed by atoms with Gasteiger partial charge in [-0.15, -0.1) is 0 Å². The third-order valence-corrected chi connectivity index (χ3v) is 4.45. The SMILES string of the molecule is Cc1cc(C(F)(F)F)nn1CCC(=O)Nc1cnn(COc2ccc(Br)cc2)c1. The number of carbonyl (C=O) groups excluding carboxylic acids is 1. The minimum Gasteiger partial charge on any atom is -0.471 e. The number of nitrogens with zero attached hydrogens (tertiary/aromatic N) is 4. The Bertz CT molecular complexity index is 982. The Morgan fingerprint density at radius 1 is 1.28 bits per heavy atom. The van der Waals surface area contributed by atoms with Crippen LogP contribution in [0.25, 0.3) is 0 Å². The molecule has 2 heterocycles. The number of aromatic nitrogens is 4. The Labute approximate surface area is 172 Å². The Morgan fingerprint density at radius 3 is 2.66 bits per heavy atom. The average molecular weight is 472 g/mol. The minimum atomic E-state index is -4.51. The van der Waals surface area contributed by atoms with Gasteiger partial charge in [-0.05, 0) is 37.3 Å². The Kier molecular flexibility index (Phi) is 6.26. The number of anilines is 1. The predicted octanol–water partition coefficient (Wildman–Crippen LogP) is 4.23. The highest BCUT2D eigenvalue weighted by Gasteiger charge is 2.34. The fraction of sp³-hybridized carbons (Fsp3) is 0.278. The van der Waals surface area contributed by atoms with Gasteiger partial charge in [0, 0.05) is 23.1 Å². The first-order valence-electron chi connectivity index (χ1n) is 8.53. The lowest BCUT2D eigenvalue weighted by Crippen LogP contribution is -2.16. The number of carbonyl (C=O) groups is 1. The number of nitrogens with one attached hydrogen (secondary N) is 1. The van der Waals surface area contributed by atoms with E-state index in [1.807, 2.05) is 12.1 Å². The van der Waals surface area contributed by atoms with E-state index in [4.69, 9.17) is 4.74 Å². The molecule has 3 rings (SSSR count). The van der Waals surface area contributed by atoms with Gasteiger partial charge >= 0.3 is 6.18 Å². The number of amides is 1. The Hall–Kier alpha value is -2.82. The first-order chi connectivity index (χ1) is 13.7. The third-order valence-electron chi connectivity index (χ3n) is 3.92. The van der Waals surface area contributed by atoms with Crippen LogP contribution in [0.4, 0.5) is 18.9 Å². The van der Waals surface area contributed by atoms with Gasteiger partial charge in [0.15, 0.2) is 12.4 Å². The molecule has 29 heavy (non-hydrogen) atoms. The van der Waals surface area contributed by atoms with E-state index in [-0.39, 0.29) is 25.6 Å². The maximum absolute atomic E-state index is 12.7. The van der Waals surface area contributed by atoms with E-state index >= 15 is 0 Å². The van der Waals surface area contributed by atoms with Gasteiger partial charge in [-0.25, -0.2) is 4.68 Å². The maximum atomic E-state index is 12.7. The van der Waals surface area contributed by atoms with Crippen LogP contribution in [0.1, 0.15) is 17.8 Å². The first kappa shape index (κ1) is 20.9. The largest absolute Gasteiger partial charge is 0.471 e. The molecule has 0 atom stereocenters. The molecule has 154 valence electrons. The van der Waals surface area contributed by atoms with Gasteiger partial charge < -0.3 is 10.1 Å². The fourth-order valence-electron chi connectivity index (χ4n) is 2.48. The van der Waals surface area contributed by atoms with Crippen LogP contribution in [-0.2, 0) is 24.2 Å². The second-order valence-corrected chi connectivity index (χ2v) is 7.10. The number of benzene rings is 1. The number of halogens is 4. The summed E-state index contributed by atoms with van der Waals surface area (Å²) in [7, 11) is 0. The van der Waals surface area contributed by atoms with Crippen LogP contribution in [0.15, 0.2) is 47.2 Å². The molecule has 2 aromatic heterocycles. The van der Waals surface area contributed by atoms with Crippen molar-refractivity contribution in [1.82, 2.24) is 19.6 Å². The van der Waals surface area contributed by atoms with Crippen LogP contribution < -0.4 is 10.1 Å². The molecular weight excluding hydrogens is 455 g/mol. The molecule has 0 spiro atoms. The van der Waals surface area contributed by atoms with Crippen molar-refractivity contribution in [3.8, 4) is 5.75 Å².